The highest BCUT2D eigenvalue weighted by Gasteiger charge is 2.33. The van der Waals surface area contributed by atoms with Gasteiger partial charge in [-0.15, -0.1) is 0 Å². The lowest BCUT2D eigenvalue weighted by atomic mass is 10.0. The number of rotatable bonds is 10. The molecule has 2 aliphatic heterocycles. The molecule has 1 aromatic rings. The Bertz CT molecular complexity index is 1160. The Balaban J connectivity index is 2.10. The Morgan fingerprint density at radius 1 is 1.17 bits per heavy atom. The number of likely N-dealkylation sites (N-methyl/N-ethyl adjacent to an activating group) is 1. The first kappa shape index (κ1) is 27.9. The molecule has 9 nitrogen and oxygen atoms in total. The first-order chi connectivity index (χ1) is 17.2. The fourth-order valence-electron chi connectivity index (χ4n) is 4.50. The first-order valence-electron chi connectivity index (χ1n) is 12.3. The molecular formula is C25H33N5O4S2. The van der Waals surface area contributed by atoms with Crippen molar-refractivity contribution in [3.8, 4) is 6.07 Å². The molecule has 0 aliphatic carbocycles. The molecule has 1 N–H and O–H groups in total. The van der Waals surface area contributed by atoms with Gasteiger partial charge in [-0.25, -0.2) is 0 Å². The van der Waals surface area contributed by atoms with E-state index in [2.05, 4.69) is 29.7 Å². The number of thioether (sulfide) groups is 1. The number of piperazine rings is 1. The molecule has 0 spiro atoms. The number of amides is 1. The summed E-state index contributed by atoms with van der Waals surface area (Å²) < 4.78 is 2.09. The van der Waals surface area contributed by atoms with Gasteiger partial charge in [0.25, 0.3) is 11.5 Å². The second-order valence-electron chi connectivity index (χ2n) is 8.91. The van der Waals surface area contributed by atoms with Gasteiger partial charge in [0.1, 0.15) is 21.8 Å². The minimum absolute atomic E-state index is 0.0446. The lowest BCUT2D eigenvalue weighted by Gasteiger charge is -2.37. The molecule has 2 aliphatic rings. The lowest BCUT2D eigenvalue weighted by Crippen LogP contribution is -2.48. The van der Waals surface area contributed by atoms with E-state index in [4.69, 9.17) is 17.3 Å². The quantitative estimate of drug-likeness (QED) is 0.360. The third-order valence-corrected chi connectivity index (χ3v) is 8.00. The second-order valence-corrected chi connectivity index (χ2v) is 10.6. The minimum Gasteiger partial charge on any atom is -0.481 e. The fourth-order valence-corrected chi connectivity index (χ4v) is 5.79. The van der Waals surface area contributed by atoms with Gasteiger partial charge in [0.15, 0.2) is 0 Å². The number of thiocarbonyl (C=S) groups is 1. The molecule has 11 heteroatoms. The Morgan fingerprint density at radius 3 is 2.44 bits per heavy atom. The number of nitriles is 1. The summed E-state index contributed by atoms with van der Waals surface area (Å²) in [7, 11) is 0. The van der Waals surface area contributed by atoms with Crippen LogP contribution in [0.25, 0.3) is 6.08 Å². The van der Waals surface area contributed by atoms with Crippen molar-refractivity contribution in [2.75, 3.05) is 44.2 Å². The molecule has 0 aromatic carbocycles. The Kier molecular flexibility index (Phi) is 9.70. The molecule has 1 aromatic heterocycles. The highest BCUT2D eigenvalue weighted by Crippen LogP contribution is 2.36. The van der Waals surface area contributed by atoms with Gasteiger partial charge in [-0.2, -0.15) is 5.26 Å². The zero-order valence-corrected chi connectivity index (χ0v) is 22.7. The summed E-state index contributed by atoms with van der Waals surface area (Å²) in [6, 6.07) is 2.09. The van der Waals surface area contributed by atoms with Crippen LogP contribution in [0.4, 0.5) is 5.82 Å². The van der Waals surface area contributed by atoms with Crippen LogP contribution in [0.2, 0.25) is 0 Å². The van der Waals surface area contributed by atoms with Crippen LogP contribution in [0, 0.1) is 18.3 Å². The van der Waals surface area contributed by atoms with Crippen molar-refractivity contribution < 1.29 is 14.7 Å². The van der Waals surface area contributed by atoms with Crippen molar-refractivity contribution in [1.29, 1.82) is 5.26 Å². The van der Waals surface area contributed by atoms with E-state index in [0.717, 1.165) is 51.4 Å². The zero-order chi connectivity index (χ0) is 26.4. The van der Waals surface area contributed by atoms with Crippen LogP contribution >= 0.6 is 24.0 Å². The molecule has 194 valence electrons. The number of hydrogen-bond acceptors (Lipinski definition) is 8. The summed E-state index contributed by atoms with van der Waals surface area (Å²) >= 11 is 6.59. The number of carbonyl (C=O) groups is 2. The number of aromatic nitrogens is 1. The molecule has 2 fully saturated rings. The molecule has 0 radical (unpaired) electrons. The maximum atomic E-state index is 13.4. The van der Waals surface area contributed by atoms with Crippen LogP contribution in [0.5, 0.6) is 0 Å². The van der Waals surface area contributed by atoms with Gasteiger partial charge in [0, 0.05) is 51.3 Å². The monoisotopic (exact) mass is 531 g/mol. The standard InChI is InChI=1S/C25H33N5O4S2/c1-4-6-9-29-22(28-13-11-27(5-2)12-14-28)18(17(3)19(16-26)23(29)33)15-20-24(34)30(25(35)36-20)10-7-8-21(31)32/h15H,4-14H2,1-3H3,(H,31,32). The van der Waals surface area contributed by atoms with E-state index < -0.39 is 5.97 Å². The summed E-state index contributed by atoms with van der Waals surface area (Å²) in [5, 5.41) is 18.8. The van der Waals surface area contributed by atoms with Crippen LogP contribution in [0.3, 0.4) is 0 Å². The van der Waals surface area contributed by atoms with E-state index in [-0.39, 0.29) is 30.0 Å². The predicted molar refractivity (Wildman–Crippen MR) is 146 cm³/mol. The van der Waals surface area contributed by atoms with Gasteiger partial charge in [-0.1, -0.05) is 44.2 Å². The third-order valence-electron chi connectivity index (χ3n) is 6.62. The maximum absolute atomic E-state index is 13.4. The summed E-state index contributed by atoms with van der Waals surface area (Å²) in [5.74, 6) is -0.448. The van der Waals surface area contributed by atoms with Crippen LogP contribution in [0.1, 0.15) is 56.2 Å². The van der Waals surface area contributed by atoms with E-state index in [1.54, 1.807) is 17.6 Å². The molecule has 3 heterocycles. The van der Waals surface area contributed by atoms with Crippen molar-refractivity contribution >= 4 is 52.1 Å². The summed E-state index contributed by atoms with van der Waals surface area (Å²) in [6.45, 7) is 10.8. The fraction of sp³-hybridized carbons (Fsp3) is 0.560. The number of hydrogen-bond donors (Lipinski definition) is 1. The summed E-state index contributed by atoms with van der Waals surface area (Å²) in [4.78, 5) is 43.9. The summed E-state index contributed by atoms with van der Waals surface area (Å²) in [6.07, 6.45) is 3.71. The van der Waals surface area contributed by atoms with Gasteiger partial charge in [0.05, 0.1) is 4.91 Å². The topological polar surface area (TPSA) is 110 Å². The van der Waals surface area contributed by atoms with Gasteiger partial charge < -0.3 is 14.9 Å². The van der Waals surface area contributed by atoms with Gasteiger partial charge in [-0.3, -0.25) is 23.9 Å². The van der Waals surface area contributed by atoms with E-state index in [9.17, 15) is 19.6 Å². The molecule has 0 unspecified atom stereocenters. The molecule has 1 amide bonds. The van der Waals surface area contributed by atoms with Crippen LogP contribution < -0.4 is 10.5 Å². The number of carboxylic acids is 1. The van der Waals surface area contributed by atoms with Crippen molar-refractivity contribution in [2.24, 2.45) is 0 Å². The van der Waals surface area contributed by atoms with Gasteiger partial charge >= 0.3 is 5.97 Å². The Hall–Kier alpha value is -2.68. The molecule has 0 atom stereocenters. The highest BCUT2D eigenvalue weighted by atomic mass is 32.2. The van der Waals surface area contributed by atoms with Crippen LogP contribution in [-0.4, -0.2) is 74.9 Å². The van der Waals surface area contributed by atoms with Crippen LogP contribution in [0.15, 0.2) is 9.70 Å². The zero-order valence-electron chi connectivity index (χ0n) is 21.1. The number of pyridine rings is 1. The summed E-state index contributed by atoms with van der Waals surface area (Å²) in [5.41, 5.74) is 1.04. The molecule has 0 bridgehead atoms. The first-order valence-corrected chi connectivity index (χ1v) is 13.6. The van der Waals surface area contributed by atoms with Crippen molar-refractivity contribution in [2.45, 2.75) is 53.0 Å². The largest absolute Gasteiger partial charge is 0.481 e. The van der Waals surface area contributed by atoms with E-state index >= 15 is 0 Å². The molecule has 3 rings (SSSR count). The number of nitrogens with zero attached hydrogens (tertiary/aromatic N) is 5. The maximum Gasteiger partial charge on any atom is 0.303 e. The molecule has 0 saturated carbocycles. The number of unbranched alkanes of at least 4 members (excludes halogenated alkanes) is 1. The predicted octanol–water partition coefficient (Wildman–Crippen LogP) is 3.04. The Morgan fingerprint density at radius 2 is 1.86 bits per heavy atom. The van der Waals surface area contributed by atoms with Gasteiger partial charge in [0.2, 0.25) is 0 Å². The number of anilines is 1. The SMILES string of the molecule is CCCCn1c(N2CCN(CC)CC2)c(C=C2SC(=S)N(CCCC(=O)O)C2=O)c(C)c(C#N)c1=O. The van der Waals surface area contributed by atoms with Crippen molar-refractivity contribution in [3.63, 3.8) is 0 Å². The van der Waals surface area contributed by atoms with E-state index in [0.29, 0.717) is 33.3 Å². The number of aliphatic carboxylic acids is 1. The smallest absolute Gasteiger partial charge is 0.303 e. The van der Waals surface area contributed by atoms with E-state index in [1.165, 1.54) is 16.7 Å². The van der Waals surface area contributed by atoms with Crippen molar-refractivity contribution in [1.82, 2.24) is 14.4 Å². The van der Waals surface area contributed by atoms with Gasteiger partial charge in [-0.05, 0) is 37.9 Å². The van der Waals surface area contributed by atoms with E-state index in [1.807, 2.05) is 0 Å². The van der Waals surface area contributed by atoms with Crippen LogP contribution in [-0.2, 0) is 16.1 Å². The van der Waals surface area contributed by atoms with Crippen molar-refractivity contribution in [3.05, 3.63) is 31.9 Å². The molecule has 2 saturated heterocycles. The highest BCUT2D eigenvalue weighted by molar-refractivity contribution is 8.26. The second kappa shape index (κ2) is 12.5. The average molecular weight is 532 g/mol. The lowest BCUT2D eigenvalue weighted by molar-refractivity contribution is -0.137. The average Bonchev–Trinajstić information content (AvgIpc) is 3.12. The number of carboxylic acid groups (broad SMARTS) is 1. The Labute approximate surface area is 221 Å². The normalized spacial score (nSPS) is 17.8. The third kappa shape index (κ3) is 5.99. The molecule has 36 heavy (non-hydrogen) atoms. The molecular weight excluding hydrogens is 498 g/mol. The minimum atomic E-state index is -0.919. The number of carbonyl (C=O) groups excluding carboxylic acids is 1.